The third-order valence-electron chi connectivity index (χ3n) is 2.54. The van der Waals surface area contributed by atoms with E-state index < -0.39 is 0 Å². The molecule has 1 nitrogen and oxygen atoms in total. The Balaban J connectivity index is 2.84. The summed E-state index contributed by atoms with van der Waals surface area (Å²) in [6, 6.07) is 0. The molecule has 0 amide bonds. The van der Waals surface area contributed by atoms with Crippen molar-refractivity contribution in [2.75, 3.05) is 7.05 Å². The maximum atomic E-state index is 2.33. The normalized spacial score (nSPS) is 30.5. The summed E-state index contributed by atoms with van der Waals surface area (Å²) in [5.41, 5.74) is 1.63. The monoisotopic (exact) mass is 151 g/mol. The van der Waals surface area contributed by atoms with E-state index >= 15 is 0 Å². The van der Waals surface area contributed by atoms with Crippen LogP contribution in [0, 0.1) is 5.41 Å². The predicted octanol–water partition coefficient (Wildman–Crippen LogP) is 2.77. The van der Waals surface area contributed by atoms with Crippen LogP contribution in [0.3, 0.4) is 0 Å². The van der Waals surface area contributed by atoms with Gasteiger partial charge in [-0.25, -0.2) is 0 Å². The fourth-order valence-electron chi connectivity index (χ4n) is 1.25. The molecule has 1 unspecified atom stereocenters. The van der Waals surface area contributed by atoms with Crippen LogP contribution in [-0.4, -0.2) is 11.9 Å². The summed E-state index contributed by atoms with van der Waals surface area (Å²) < 4.78 is 0. The Labute approximate surface area is 69.4 Å². The van der Waals surface area contributed by atoms with E-state index in [1.165, 1.54) is 12.1 Å². The molecule has 0 N–H and O–H groups in total. The van der Waals surface area contributed by atoms with Gasteiger partial charge >= 0.3 is 0 Å². The molecular weight excluding hydrogens is 134 g/mol. The molecule has 1 heterocycles. The van der Waals surface area contributed by atoms with Gasteiger partial charge in [-0.05, 0) is 13.3 Å². The number of nitrogens with zero attached hydrogens (tertiary/aromatic N) is 1. The fraction of sp³-hybridized carbons (Fsp3) is 0.600. The van der Waals surface area contributed by atoms with Gasteiger partial charge in [0.15, 0.2) is 0 Å². The zero-order valence-corrected chi connectivity index (χ0v) is 7.89. The molecule has 0 saturated carbocycles. The van der Waals surface area contributed by atoms with Crippen LogP contribution in [-0.2, 0) is 0 Å². The van der Waals surface area contributed by atoms with E-state index in [-0.39, 0.29) is 5.41 Å². The molecule has 0 aromatic carbocycles. The molecule has 1 aliphatic rings. The Morgan fingerprint density at radius 2 is 2.18 bits per heavy atom. The Morgan fingerprint density at radius 3 is 2.64 bits per heavy atom. The summed E-state index contributed by atoms with van der Waals surface area (Å²) in [5.74, 6) is 0. The minimum absolute atomic E-state index is 0.288. The maximum Gasteiger partial charge on any atom is 0.0108 e. The van der Waals surface area contributed by atoms with Crippen LogP contribution in [0.5, 0.6) is 0 Å². The van der Waals surface area contributed by atoms with Crippen molar-refractivity contribution in [3.05, 3.63) is 24.0 Å². The molecule has 0 spiro atoms. The van der Waals surface area contributed by atoms with E-state index in [2.05, 4.69) is 51.1 Å². The molecule has 0 aromatic heterocycles. The molecule has 1 rings (SSSR count). The molecule has 0 aromatic rings. The summed E-state index contributed by atoms with van der Waals surface area (Å²) in [6.07, 6.45) is 7.92. The van der Waals surface area contributed by atoms with Crippen LogP contribution in [0.25, 0.3) is 0 Å². The van der Waals surface area contributed by atoms with Crippen LogP contribution in [0.1, 0.15) is 27.2 Å². The number of hydrogen-bond donors (Lipinski definition) is 0. The summed E-state index contributed by atoms with van der Waals surface area (Å²) in [7, 11) is 2.08. The molecule has 1 aliphatic heterocycles. The van der Waals surface area contributed by atoms with Gasteiger partial charge in [-0.3, -0.25) is 0 Å². The second-order valence-electron chi connectivity index (χ2n) is 3.57. The Kier molecular flexibility index (Phi) is 2.08. The van der Waals surface area contributed by atoms with Crippen LogP contribution in [0.2, 0.25) is 0 Å². The highest BCUT2D eigenvalue weighted by Crippen LogP contribution is 2.30. The first-order valence-corrected chi connectivity index (χ1v) is 4.19. The Morgan fingerprint density at radius 1 is 1.55 bits per heavy atom. The Bertz CT molecular complexity index is 203. The highest BCUT2D eigenvalue weighted by atomic mass is 15.1. The first-order chi connectivity index (χ1) is 5.07. The highest BCUT2D eigenvalue weighted by Gasteiger charge is 2.19. The lowest BCUT2D eigenvalue weighted by Crippen LogP contribution is -2.20. The van der Waals surface area contributed by atoms with E-state index in [1.54, 1.807) is 0 Å². The molecule has 62 valence electrons. The summed E-state index contributed by atoms with van der Waals surface area (Å²) in [4.78, 5) is 2.15. The van der Waals surface area contributed by atoms with E-state index in [9.17, 15) is 0 Å². The molecule has 0 saturated heterocycles. The molecule has 1 heteroatoms. The van der Waals surface area contributed by atoms with Gasteiger partial charge < -0.3 is 4.90 Å². The topological polar surface area (TPSA) is 3.24 Å². The lowest BCUT2D eigenvalue weighted by Gasteiger charge is -2.29. The minimum atomic E-state index is 0.288. The van der Waals surface area contributed by atoms with Crippen LogP contribution in [0.4, 0.5) is 0 Å². The highest BCUT2D eigenvalue weighted by molar-refractivity contribution is 5.19. The number of allylic oxidation sites excluding steroid dienone is 3. The van der Waals surface area contributed by atoms with Gasteiger partial charge in [-0.15, -0.1) is 0 Å². The first kappa shape index (κ1) is 8.38. The zero-order chi connectivity index (χ0) is 8.48. The fourth-order valence-corrected chi connectivity index (χ4v) is 1.25. The van der Waals surface area contributed by atoms with Gasteiger partial charge in [0.2, 0.25) is 0 Å². The van der Waals surface area contributed by atoms with Crippen LogP contribution >= 0.6 is 0 Å². The summed E-state index contributed by atoms with van der Waals surface area (Å²) >= 11 is 0. The third kappa shape index (κ3) is 1.65. The molecule has 0 fully saturated rings. The molecule has 1 atom stereocenters. The van der Waals surface area contributed by atoms with Crippen molar-refractivity contribution >= 4 is 0 Å². The lowest BCUT2D eigenvalue weighted by molar-refractivity contribution is 0.453. The van der Waals surface area contributed by atoms with Crippen molar-refractivity contribution in [3.8, 4) is 0 Å². The number of rotatable bonds is 1. The zero-order valence-electron chi connectivity index (χ0n) is 7.89. The second kappa shape index (κ2) is 2.72. The summed E-state index contributed by atoms with van der Waals surface area (Å²) in [5, 5.41) is 0. The van der Waals surface area contributed by atoms with Gasteiger partial charge in [0.05, 0.1) is 0 Å². The predicted molar refractivity (Wildman–Crippen MR) is 49.1 cm³/mol. The SMILES string of the molecule is CCC1(C)C=CN(C)C(C)=C1. The Hall–Kier alpha value is -0.720. The molecular formula is C10H17N. The summed E-state index contributed by atoms with van der Waals surface area (Å²) in [6.45, 7) is 6.64. The second-order valence-corrected chi connectivity index (χ2v) is 3.57. The van der Waals surface area contributed by atoms with E-state index in [1.807, 2.05) is 0 Å². The largest absolute Gasteiger partial charge is 0.355 e. The quantitative estimate of drug-likeness (QED) is 0.557. The van der Waals surface area contributed by atoms with Crippen molar-refractivity contribution in [2.24, 2.45) is 5.41 Å². The van der Waals surface area contributed by atoms with Gasteiger partial charge in [0.1, 0.15) is 0 Å². The first-order valence-electron chi connectivity index (χ1n) is 4.19. The molecule has 0 bridgehead atoms. The third-order valence-corrected chi connectivity index (χ3v) is 2.54. The molecule has 0 radical (unpaired) electrons. The van der Waals surface area contributed by atoms with E-state index in [0.29, 0.717) is 0 Å². The average Bonchev–Trinajstić information content (AvgIpc) is 1.98. The van der Waals surface area contributed by atoms with Gasteiger partial charge in [-0.2, -0.15) is 0 Å². The van der Waals surface area contributed by atoms with Gasteiger partial charge in [-0.1, -0.05) is 26.0 Å². The van der Waals surface area contributed by atoms with Crippen molar-refractivity contribution in [3.63, 3.8) is 0 Å². The van der Waals surface area contributed by atoms with Crippen molar-refractivity contribution in [2.45, 2.75) is 27.2 Å². The van der Waals surface area contributed by atoms with Crippen molar-refractivity contribution in [1.82, 2.24) is 4.90 Å². The maximum absolute atomic E-state index is 2.33. The van der Waals surface area contributed by atoms with E-state index in [0.717, 1.165) is 0 Å². The van der Waals surface area contributed by atoms with Crippen molar-refractivity contribution < 1.29 is 0 Å². The van der Waals surface area contributed by atoms with Crippen LogP contribution in [0.15, 0.2) is 24.0 Å². The smallest absolute Gasteiger partial charge is 0.0108 e. The molecule has 0 aliphatic carbocycles. The van der Waals surface area contributed by atoms with Crippen molar-refractivity contribution in [1.29, 1.82) is 0 Å². The van der Waals surface area contributed by atoms with E-state index in [4.69, 9.17) is 0 Å². The van der Waals surface area contributed by atoms with Gasteiger partial charge in [0, 0.05) is 24.4 Å². The average molecular weight is 151 g/mol. The lowest BCUT2D eigenvalue weighted by atomic mass is 9.85. The van der Waals surface area contributed by atoms with Crippen LogP contribution < -0.4 is 0 Å². The van der Waals surface area contributed by atoms with Gasteiger partial charge in [0.25, 0.3) is 0 Å². The minimum Gasteiger partial charge on any atom is -0.355 e. The molecule has 11 heavy (non-hydrogen) atoms. The number of hydrogen-bond acceptors (Lipinski definition) is 1. The standard InChI is InChI=1S/C10H17N/c1-5-10(3)6-7-11(4)9(2)8-10/h6-8H,5H2,1-4H3.